The Morgan fingerprint density at radius 3 is 2.00 bits per heavy atom. The number of hydrogen-bond acceptors (Lipinski definition) is 4. The van der Waals surface area contributed by atoms with Crippen molar-refractivity contribution in [2.45, 2.75) is 0 Å². The van der Waals surface area contributed by atoms with Crippen LogP contribution in [-0.4, -0.2) is 19.0 Å². The standard InChI is InChI=1S/C5H6O4.C2H2F2/c1-9-5(8)3-2-4(6)7;1-2(3)4/h2-3H,1H3,(H,6,7);1H2/p-1/b3-2-;. The Morgan fingerprint density at radius 2 is 1.77 bits per heavy atom. The minimum Gasteiger partial charge on any atom is -0.545 e. The number of carboxylic acid groups (broad SMARTS) is 1. The molecular formula is C7H7F2O4-. The quantitative estimate of drug-likeness (QED) is 0.452. The van der Waals surface area contributed by atoms with Crippen LogP contribution in [-0.2, 0) is 14.3 Å². The Hall–Kier alpha value is -1.72. The molecule has 13 heavy (non-hydrogen) atoms. The minimum atomic E-state index is -1.83. The number of esters is 1. The van der Waals surface area contributed by atoms with Gasteiger partial charge in [-0.3, -0.25) is 0 Å². The van der Waals surface area contributed by atoms with Crippen molar-refractivity contribution >= 4 is 11.9 Å². The van der Waals surface area contributed by atoms with E-state index < -0.39 is 18.0 Å². The first kappa shape index (κ1) is 13.8. The van der Waals surface area contributed by atoms with Crippen molar-refractivity contribution < 1.29 is 28.2 Å². The molecule has 0 saturated carbocycles. The van der Waals surface area contributed by atoms with Gasteiger partial charge in [0, 0.05) is 6.08 Å². The monoisotopic (exact) mass is 193 g/mol. The minimum absolute atomic E-state index is 0.603. The van der Waals surface area contributed by atoms with Crippen LogP contribution < -0.4 is 5.11 Å². The van der Waals surface area contributed by atoms with E-state index in [2.05, 4.69) is 11.3 Å². The molecule has 0 N–H and O–H groups in total. The highest BCUT2D eigenvalue weighted by Crippen LogP contribution is 1.85. The molecule has 0 rings (SSSR count). The normalized spacial score (nSPS) is 8.54. The van der Waals surface area contributed by atoms with Gasteiger partial charge in [0.05, 0.1) is 13.1 Å². The lowest BCUT2D eigenvalue weighted by atomic mass is 10.5. The first-order valence-corrected chi connectivity index (χ1v) is 2.87. The number of halogens is 2. The van der Waals surface area contributed by atoms with Crippen LogP contribution in [0.2, 0.25) is 0 Å². The lowest BCUT2D eigenvalue weighted by Gasteiger charge is -1.89. The SMILES string of the molecule is C=C(F)F.COC(=O)/C=C\C(=O)[O-]. The van der Waals surface area contributed by atoms with Crippen molar-refractivity contribution in [2.75, 3.05) is 7.11 Å². The molecule has 0 aliphatic rings. The zero-order valence-corrected chi connectivity index (χ0v) is 6.75. The lowest BCUT2D eigenvalue weighted by molar-refractivity contribution is -0.297. The Kier molecular flexibility index (Phi) is 8.92. The third-order valence-corrected chi connectivity index (χ3v) is 0.557. The summed E-state index contributed by atoms with van der Waals surface area (Å²) in [7, 11) is 1.15. The molecule has 0 radical (unpaired) electrons. The van der Waals surface area contributed by atoms with Crippen LogP contribution in [0.1, 0.15) is 0 Å². The van der Waals surface area contributed by atoms with Gasteiger partial charge in [0.2, 0.25) is 0 Å². The molecule has 6 heteroatoms. The van der Waals surface area contributed by atoms with E-state index in [-0.39, 0.29) is 0 Å². The zero-order chi connectivity index (χ0) is 10.9. The van der Waals surface area contributed by atoms with Gasteiger partial charge in [-0.15, -0.1) is 0 Å². The van der Waals surface area contributed by atoms with Gasteiger partial charge in [0.25, 0.3) is 6.08 Å². The second kappa shape index (κ2) is 8.38. The number of aliphatic carboxylic acids is 1. The predicted molar refractivity (Wildman–Crippen MR) is 37.5 cm³/mol. The van der Waals surface area contributed by atoms with Gasteiger partial charge in [-0.1, -0.05) is 0 Å². The molecule has 0 fully saturated rings. The topological polar surface area (TPSA) is 66.4 Å². The Balaban J connectivity index is 0. The molecule has 0 spiro atoms. The number of methoxy groups -OCH3 is 1. The molecule has 0 aromatic rings. The van der Waals surface area contributed by atoms with Crippen molar-refractivity contribution in [1.82, 2.24) is 0 Å². The fourth-order valence-electron chi connectivity index (χ4n) is 0.204. The number of carboxylic acids is 1. The van der Waals surface area contributed by atoms with E-state index in [4.69, 9.17) is 0 Å². The molecule has 0 saturated heterocycles. The largest absolute Gasteiger partial charge is 0.545 e. The van der Waals surface area contributed by atoms with Crippen LogP contribution in [0, 0.1) is 0 Å². The summed E-state index contributed by atoms with van der Waals surface area (Å²) >= 11 is 0. The Morgan fingerprint density at radius 1 is 1.38 bits per heavy atom. The average Bonchev–Trinajstić information content (AvgIpc) is 1.99. The first-order valence-electron chi connectivity index (χ1n) is 2.87. The maximum atomic E-state index is 10.1. The molecule has 74 valence electrons. The summed E-state index contributed by atoms with van der Waals surface area (Å²) in [4.78, 5) is 19.7. The smallest absolute Gasteiger partial charge is 0.330 e. The molecule has 0 atom stereocenters. The van der Waals surface area contributed by atoms with Crippen molar-refractivity contribution in [3.05, 3.63) is 24.8 Å². The molecule has 0 aromatic carbocycles. The van der Waals surface area contributed by atoms with Gasteiger partial charge in [0.1, 0.15) is 0 Å². The highest BCUT2D eigenvalue weighted by atomic mass is 19.3. The van der Waals surface area contributed by atoms with Crippen LogP contribution in [0.5, 0.6) is 0 Å². The first-order chi connectivity index (χ1) is 5.90. The maximum absolute atomic E-state index is 10.1. The van der Waals surface area contributed by atoms with E-state index in [1.807, 2.05) is 0 Å². The van der Waals surface area contributed by atoms with Crippen molar-refractivity contribution in [2.24, 2.45) is 0 Å². The van der Waals surface area contributed by atoms with Crippen molar-refractivity contribution in [3.8, 4) is 0 Å². The highest BCUT2D eigenvalue weighted by molar-refractivity contribution is 5.89. The Labute approximate surface area is 73.1 Å². The van der Waals surface area contributed by atoms with Crippen molar-refractivity contribution in [3.63, 3.8) is 0 Å². The molecular weight excluding hydrogens is 186 g/mol. The average molecular weight is 193 g/mol. The summed E-state index contributed by atoms with van der Waals surface area (Å²) in [5, 5.41) is 9.61. The molecule has 4 nitrogen and oxygen atoms in total. The van der Waals surface area contributed by atoms with E-state index in [1.165, 1.54) is 0 Å². The summed E-state index contributed by atoms with van der Waals surface area (Å²) < 4.78 is 24.4. The number of ether oxygens (including phenoxy) is 1. The summed E-state index contributed by atoms with van der Waals surface area (Å²) in [6, 6.07) is 0. The summed E-state index contributed by atoms with van der Waals surface area (Å²) in [6.45, 7) is 2.22. The number of rotatable bonds is 2. The molecule has 0 aromatic heterocycles. The van der Waals surface area contributed by atoms with Crippen molar-refractivity contribution in [1.29, 1.82) is 0 Å². The highest BCUT2D eigenvalue weighted by Gasteiger charge is 1.87. The maximum Gasteiger partial charge on any atom is 0.330 e. The zero-order valence-electron chi connectivity index (χ0n) is 6.75. The van der Waals surface area contributed by atoms with Gasteiger partial charge >= 0.3 is 5.97 Å². The van der Waals surface area contributed by atoms with Crippen LogP contribution in [0.15, 0.2) is 24.8 Å². The van der Waals surface area contributed by atoms with Crippen LogP contribution in [0.4, 0.5) is 8.78 Å². The van der Waals surface area contributed by atoms with E-state index in [0.29, 0.717) is 6.08 Å². The third-order valence-electron chi connectivity index (χ3n) is 0.557. The van der Waals surface area contributed by atoms with Crippen LogP contribution in [0.25, 0.3) is 0 Å². The van der Waals surface area contributed by atoms with Gasteiger partial charge in [-0.25, -0.2) is 4.79 Å². The van der Waals surface area contributed by atoms with Gasteiger partial charge in [-0.2, -0.15) is 8.78 Å². The fourth-order valence-corrected chi connectivity index (χ4v) is 0.204. The van der Waals surface area contributed by atoms with E-state index in [1.54, 1.807) is 0 Å². The molecule has 0 aliphatic heterocycles. The second-order valence-corrected chi connectivity index (χ2v) is 1.51. The van der Waals surface area contributed by atoms with E-state index >= 15 is 0 Å². The molecule has 0 amide bonds. The molecule has 0 heterocycles. The fraction of sp³-hybridized carbons (Fsp3) is 0.143. The number of carbonyl (C=O) groups is 2. The van der Waals surface area contributed by atoms with Gasteiger partial charge in [-0.05, 0) is 12.7 Å². The number of hydrogen-bond donors (Lipinski definition) is 0. The molecule has 0 unspecified atom stereocenters. The molecule has 0 aliphatic carbocycles. The summed E-state index contributed by atoms with van der Waals surface area (Å²) in [5.74, 6) is -2.13. The third kappa shape index (κ3) is 25.3. The summed E-state index contributed by atoms with van der Waals surface area (Å²) in [5.41, 5.74) is 0. The van der Waals surface area contributed by atoms with E-state index in [9.17, 15) is 23.5 Å². The van der Waals surface area contributed by atoms with E-state index in [0.717, 1.165) is 13.2 Å². The Bertz CT molecular complexity index is 219. The summed E-state index contributed by atoms with van der Waals surface area (Å²) in [6.07, 6.45) is -0.457. The van der Waals surface area contributed by atoms with Crippen LogP contribution in [0.3, 0.4) is 0 Å². The second-order valence-electron chi connectivity index (χ2n) is 1.51. The predicted octanol–water partition coefficient (Wildman–Crippen LogP) is -0.138. The lowest BCUT2D eigenvalue weighted by Crippen LogP contribution is -2.19. The molecule has 0 bridgehead atoms. The number of carbonyl (C=O) groups excluding carboxylic acids is 2. The van der Waals surface area contributed by atoms with Crippen LogP contribution >= 0.6 is 0 Å². The van der Waals surface area contributed by atoms with Gasteiger partial charge < -0.3 is 14.6 Å². The van der Waals surface area contributed by atoms with Gasteiger partial charge in [0.15, 0.2) is 0 Å².